The molecule has 0 heterocycles. The molecule has 4 heteroatoms. The normalized spacial score (nSPS) is 26.5. The molecule has 2 atom stereocenters. The first-order valence-electron chi connectivity index (χ1n) is 8.02. The summed E-state index contributed by atoms with van der Waals surface area (Å²) in [6.07, 6.45) is 7.38. The molecular weight excluding hydrogens is 265 g/mol. The van der Waals surface area contributed by atoms with E-state index in [1.807, 2.05) is 12.1 Å². The molecule has 2 fully saturated rings. The van der Waals surface area contributed by atoms with Crippen molar-refractivity contribution in [1.29, 1.82) is 0 Å². The quantitative estimate of drug-likeness (QED) is 0.662. The molecule has 1 aromatic rings. The summed E-state index contributed by atoms with van der Waals surface area (Å²) in [5, 5.41) is 6.94. The molecule has 1 aromatic carbocycles. The standard InChI is InChI=1S/C17H24FN3/c1-19-17(20-12-7-3-2-4-8-12)21-16-11-14(16)13-9-5-6-10-15(13)18/h5-6,9-10,12,14,16H,2-4,7-8,11H2,1H3,(H2,19,20,21). The fourth-order valence-electron chi connectivity index (χ4n) is 3.26. The van der Waals surface area contributed by atoms with Crippen molar-refractivity contribution in [1.82, 2.24) is 10.6 Å². The first-order chi connectivity index (χ1) is 10.3. The van der Waals surface area contributed by atoms with Crippen molar-refractivity contribution in [2.75, 3.05) is 7.05 Å². The third-order valence-corrected chi connectivity index (χ3v) is 4.59. The third-order valence-electron chi connectivity index (χ3n) is 4.59. The van der Waals surface area contributed by atoms with E-state index in [0.29, 0.717) is 12.1 Å². The highest BCUT2D eigenvalue weighted by Gasteiger charge is 2.40. The van der Waals surface area contributed by atoms with Gasteiger partial charge in [0.1, 0.15) is 5.82 Å². The van der Waals surface area contributed by atoms with Crippen LogP contribution in [0.3, 0.4) is 0 Å². The van der Waals surface area contributed by atoms with Gasteiger partial charge in [-0.05, 0) is 30.9 Å². The van der Waals surface area contributed by atoms with Crippen LogP contribution in [0.4, 0.5) is 4.39 Å². The van der Waals surface area contributed by atoms with Crippen LogP contribution in [0.2, 0.25) is 0 Å². The first kappa shape index (κ1) is 14.4. The zero-order chi connectivity index (χ0) is 14.7. The van der Waals surface area contributed by atoms with Gasteiger partial charge in [-0.15, -0.1) is 0 Å². The fraction of sp³-hybridized carbons (Fsp3) is 0.588. The second-order valence-corrected chi connectivity index (χ2v) is 6.17. The van der Waals surface area contributed by atoms with Crippen molar-refractivity contribution in [3.63, 3.8) is 0 Å². The second kappa shape index (κ2) is 6.46. The lowest BCUT2D eigenvalue weighted by atomic mass is 9.96. The smallest absolute Gasteiger partial charge is 0.191 e. The third kappa shape index (κ3) is 3.55. The van der Waals surface area contributed by atoms with Gasteiger partial charge in [-0.1, -0.05) is 37.5 Å². The van der Waals surface area contributed by atoms with Crippen LogP contribution >= 0.6 is 0 Å². The SMILES string of the molecule is CN=C(NC1CCCCC1)NC1CC1c1ccccc1F. The molecule has 21 heavy (non-hydrogen) atoms. The molecule has 0 amide bonds. The lowest BCUT2D eigenvalue weighted by Crippen LogP contribution is -2.45. The molecule has 0 aliphatic heterocycles. The van der Waals surface area contributed by atoms with Crippen LogP contribution in [0.5, 0.6) is 0 Å². The molecular formula is C17H24FN3. The monoisotopic (exact) mass is 289 g/mol. The zero-order valence-corrected chi connectivity index (χ0v) is 12.6. The minimum atomic E-state index is -0.0953. The van der Waals surface area contributed by atoms with Crippen LogP contribution in [-0.2, 0) is 0 Å². The van der Waals surface area contributed by atoms with Gasteiger partial charge in [0.2, 0.25) is 0 Å². The molecule has 2 unspecified atom stereocenters. The summed E-state index contributed by atoms with van der Waals surface area (Å²) in [7, 11) is 1.80. The molecule has 2 saturated carbocycles. The van der Waals surface area contributed by atoms with Gasteiger partial charge in [0, 0.05) is 25.0 Å². The highest BCUT2D eigenvalue weighted by molar-refractivity contribution is 5.80. The summed E-state index contributed by atoms with van der Waals surface area (Å²) < 4.78 is 13.8. The van der Waals surface area contributed by atoms with Crippen LogP contribution in [0.15, 0.2) is 29.3 Å². The number of rotatable bonds is 3. The molecule has 2 aliphatic rings. The van der Waals surface area contributed by atoms with Crippen molar-refractivity contribution in [2.24, 2.45) is 4.99 Å². The lowest BCUT2D eigenvalue weighted by molar-refractivity contribution is 0.410. The van der Waals surface area contributed by atoms with Crippen LogP contribution < -0.4 is 10.6 Å². The van der Waals surface area contributed by atoms with Crippen molar-refractivity contribution >= 4 is 5.96 Å². The van der Waals surface area contributed by atoms with Crippen molar-refractivity contribution in [3.8, 4) is 0 Å². The van der Waals surface area contributed by atoms with Crippen LogP contribution in [-0.4, -0.2) is 25.1 Å². The number of nitrogens with zero attached hydrogens (tertiary/aromatic N) is 1. The Morgan fingerprint density at radius 3 is 2.62 bits per heavy atom. The number of guanidine groups is 1. The molecule has 3 nitrogen and oxygen atoms in total. The maximum atomic E-state index is 13.8. The molecule has 0 aromatic heterocycles. The van der Waals surface area contributed by atoms with Gasteiger partial charge in [0.25, 0.3) is 0 Å². The summed E-state index contributed by atoms with van der Waals surface area (Å²) in [4.78, 5) is 4.31. The Bertz CT molecular complexity index is 509. The second-order valence-electron chi connectivity index (χ2n) is 6.17. The topological polar surface area (TPSA) is 36.4 Å². The predicted octanol–water partition coefficient (Wildman–Crippen LogP) is 3.18. The first-order valence-corrected chi connectivity index (χ1v) is 8.02. The van der Waals surface area contributed by atoms with E-state index in [1.54, 1.807) is 19.2 Å². The van der Waals surface area contributed by atoms with Gasteiger partial charge in [-0.25, -0.2) is 4.39 Å². The molecule has 114 valence electrons. The molecule has 0 bridgehead atoms. The van der Waals surface area contributed by atoms with E-state index in [1.165, 1.54) is 32.1 Å². The Balaban J connectivity index is 1.53. The molecule has 3 rings (SSSR count). The zero-order valence-electron chi connectivity index (χ0n) is 12.6. The average molecular weight is 289 g/mol. The molecule has 0 radical (unpaired) electrons. The maximum absolute atomic E-state index is 13.8. The van der Waals surface area contributed by atoms with Gasteiger partial charge >= 0.3 is 0 Å². The summed E-state index contributed by atoms with van der Waals surface area (Å²) in [6.45, 7) is 0. The predicted molar refractivity (Wildman–Crippen MR) is 84.0 cm³/mol. The number of benzene rings is 1. The minimum absolute atomic E-state index is 0.0953. The molecule has 2 aliphatic carbocycles. The van der Waals surface area contributed by atoms with Gasteiger partial charge in [-0.3, -0.25) is 4.99 Å². The summed E-state index contributed by atoms with van der Waals surface area (Å²) in [6, 6.07) is 7.92. The van der Waals surface area contributed by atoms with Gasteiger partial charge in [0.05, 0.1) is 0 Å². The van der Waals surface area contributed by atoms with Crippen LogP contribution in [0.1, 0.15) is 50.0 Å². The minimum Gasteiger partial charge on any atom is -0.354 e. The lowest BCUT2D eigenvalue weighted by Gasteiger charge is -2.25. The molecule has 0 spiro atoms. The number of nitrogens with one attached hydrogen (secondary N) is 2. The van der Waals surface area contributed by atoms with E-state index < -0.39 is 0 Å². The van der Waals surface area contributed by atoms with E-state index >= 15 is 0 Å². The van der Waals surface area contributed by atoms with Crippen LogP contribution in [0, 0.1) is 5.82 Å². The van der Waals surface area contributed by atoms with Gasteiger partial charge in [0.15, 0.2) is 5.96 Å². The van der Waals surface area contributed by atoms with E-state index in [-0.39, 0.29) is 11.7 Å². The van der Waals surface area contributed by atoms with Gasteiger partial charge in [-0.2, -0.15) is 0 Å². The summed E-state index contributed by atoms with van der Waals surface area (Å²) >= 11 is 0. The number of aliphatic imine (C=N–C) groups is 1. The largest absolute Gasteiger partial charge is 0.354 e. The molecule has 2 N–H and O–H groups in total. The Morgan fingerprint density at radius 2 is 1.90 bits per heavy atom. The maximum Gasteiger partial charge on any atom is 0.191 e. The van der Waals surface area contributed by atoms with Crippen LogP contribution in [0.25, 0.3) is 0 Å². The Kier molecular flexibility index (Phi) is 4.42. The van der Waals surface area contributed by atoms with E-state index in [9.17, 15) is 4.39 Å². The van der Waals surface area contributed by atoms with E-state index in [2.05, 4.69) is 15.6 Å². The van der Waals surface area contributed by atoms with Crippen molar-refractivity contribution < 1.29 is 4.39 Å². The number of halogens is 1. The van der Waals surface area contributed by atoms with Gasteiger partial charge < -0.3 is 10.6 Å². The highest BCUT2D eigenvalue weighted by atomic mass is 19.1. The number of hydrogen-bond donors (Lipinski definition) is 2. The number of hydrogen-bond acceptors (Lipinski definition) is 1. The Hall–Kier alpha value is -1.58. The average Bonchev–Trinajstić information content (AvgIpc) is 3.27. The highest BCUT2D eigenvalue weighted by Crippen LogP contribution is 2.41. The van der Waals surface area contributed by atoms with Crippen molar-refractivity contribution in [3.05, 3.63) is 35.6 Å². The Labute approximate surface area is 126 Å². The summed E-state index contributed by atoms with van der Waals surface area (Å²) in [5.74, 6) is 1.05. The summed E-state index contributed by atoms with van der Waals surface area (Å²) in [5.41, 5.74) is 0.822. The fourth-order valence-corrected chi connectivity index (χ4v) is 3.26. The molecule has 0 saturated heterocycles. The van der Waals surface area contributed by atoms with E-state index in [4.69, 9.17) is 0 Å². The van der Waals surface area contributed by atoms with E-state index in [0.717, 1.165) is 17.9 Å². The van der Waals surface area contributed by atoms with Crippen molar-refractivity contribution in [2.45, 2.75) is 56.5 Å². The Morgan fingerprint density at radius 1 is 1.14 bits per heavy atom.